The fourth-order valence-corrected chi connectivity index (χ4v) is 1.34. The summed E-state index contributed by atoms with van der Waals surface area (Å²) in [7, 11) is 0. The molecule has 1 N–H and O–H groups in total. The van der Waals surface area contributed by atoms with Gasteiger partial charge >= 0.3 is 12.1 Å². The lowest BCUT2D eigenvalue weighted by Crippen LogP contribution is -2.08. The number of alkyl halides is 3. The highest BCUT2D eigenvalue weighted by molar-refractivity contribution is 5.79. The predicted octanol–water partition coefficient (Wildman–Crippen LogP) is 2.76. The number of carboxylic acids is 1. The minimum atomic E-state index is -4.53. The predicted molar refractivity (Wildman–Crippen MR) is 59.2 cm³/mol. The fourth-order valence-electron chi connectivity index (χ4n) is 1.34. The molecule has 1 aromatic rings. The Hall–Kier alpha value is -2.05. The second-order valence-corrected chi connectivity index (χ2v) is 3.71. The molecule has 0 fully saturated rings. The van der Waals surface area contributed by atoms with Crippen LogP contribution < -0.4 is 4.74 Å². The lowest BCUT2D eigenvalue weighted by Gasteiger charge is -2.11. The van der Waals surface area contributed by atoms with Gasteiger partial charge in [-0.15, -0.1) is 0 Å². The molecule has 0 aromatic heterocycles. The van der Waals surface area contributed by atoms with E-state index < -0.39 is 17.7 Å². The minimum absolute atomic E-state index is 0.0108. The van der Waals surface area contributed by atoms with Crippen molar-refractivity contribution in [1.82, 2.24) is 0 Å². The maximum absolute atomic E-state index is 12.5. The highest BCUT2D eigenvalue weighted by Gasteiger charge is 2.31. The van der Waals surface area contributed by atoms with E-state index in [0.29, 0.717) is 6.29 Å². The van der Waals surface area contributed by atoms with Crippen molar-refractivity contribution >= 4 is 12.3 Å². The summed E-state index contributed by atoms with van der Waals surface area (Å²) < 4.78 is 42.4. The molecular weight excluding hydrogens is 265 g/mol. The van der Waals surface area contributed by atoms with E-state index in [-0.39, 0.29) is 30.8 Å². The molecule has 1 rings (SSSR count). The van der Waals surface area contributed by atoms with Crippen LogP contribution in [0.25, 0.3) is 0 Å². The van der Waals surface area contributed by atoms with Crippen molar-refractivity contribution in [1.29, 1.82) is 0 Å². The summed E-state index contributed by atoms with van der Waals surface area (Å²) in [6.07, 6.45) is -4.16. The molecule has 0 saturated heterocycles. The molecule has 19 heavy (non-hydrogen) atoms. The first kappa shape index (κ1) is 15.0. The summed E-state index contributed by atoms with van der Waals surface area (Å²) in [5, 5.41) is 8.40. The Labute approximate surface area is 106 Å². The monoisotopic (exact) mass is 276 g/mol. The Morgan fingerprint density at radius 2 is 2.05 bits per heavy atom. The van der Waals surface area contributed by atoms with Crippen molar-refractivity contribution in [3.63, 3.8) is 0 Å². The fraction of sp³-hybridized carbons (Fsp3) is 0.333. The average Bonchev–Trinajstić information content (AvgIpc) is 2.33. The van der Waals surface area contributed by atoms with Gasteiger partial charge in [0.25, 0.3) is 0 Å². The molecule has 7 heteroatoms. The molecule has 1 aromatic carbocycles. The Morgan fingerprint density at radius 3 is 2.58 bits per heavy atom. The third kappa shape index (κ3) is 4.61. The standard InChI is InChI=1S/C12H11F3O4/c13-12(14,15)9-4-3-8(7-16)10(6-9)19-5-1-2-11(17)18/h3-4,6-7H,1-2,5H2,(H,17,18). The molecule has 0 unspecified atom stereocenters. The normalized spacial score (nSPS) is 11.1. The molecule has 0 saturated carbocycles. The van der Waals surface area contributed by atoms with Crippen LogP contribution in [0.3, 0.4) is 0 Å². The summed E-state index contributed by atoms with van der Waals surface area (Å²) in [5.41, 5.74) is -0.936. The van der Waals surface area contributed by atoms with Crippen LogP contribution in [0, 0.1) is 0 Å². The number of rotatable bonds is 6. The zero-order chi connectivity index (χ0) is 14.5. The zero-order valence-corrected chi connectivity index (χ0v) is 9.74. The zero-order valence-electron chi connectivity index (χ0n) is 9.74. The van der Waals surface area contributed by atoms with Crippen LogP contribution in [0.5, 0.6) is 5.75 Å². The van der Waals surface area contributed by atoms with Crippen molar-refractivity contribution in [2.45, 2.75) is 19.0 Å². The smallest absolute Gasteiger partial charge is 0.416 e. The largest absolute Gasteiger partial charge is 0.493 e. The Morgan fingerprint density at radius 1 is 1.37 bits per heavy atom. The first-order valence-corrected chi connectivity index (χ1v) is 5.35. The number of carboxylic acid groups (broad SMARTS) is 1. The number of hydrogen-bond acceptors (Lipinski definition) is 3. The van der Waals surface area contributed by atoms with Crippen LogP contribution in [-0.2, 0) is 11.0 Å². The molecule has 0 aliphatic carbocycles. The minimum Gasteiger partial charge on any atom is -0.493 e. The van der Waals surface area contributed by atoms with Crippen LogP contribution in [-0.4, -0.2) is 24.0 Å². The van der Waals surface area contributed by atoms with E-state index in [1.54, 1.807) is 0 Å². The topological polar surface area (TPSA) is 63.6 Å². The summed E-state index contributed by atoms with van der Waals surface area (Å²) >= 11 is 0. The molecule has 0 amide bonds. The average molecular weight is 276 g/mol. The van der Waals surface area contributed by atoms with Crippen LogP contribution >= 0.6 is 0 Å². The van der Waals surface area contributed by atoms with E-state index in [4.69, 9.17) is 9.84 Å². The van der Waals surface area contributed by atoms with Gasteiger partial charge in [-0.1, -0.05) is 0 Å². The summed E-state index contributed by atoms with van der Waals surface area (Å²) in [6, 6.07) is 2.53. The molecule has 0 aliphatic heterocycles. The van der Waals surface area contributed by atoms with E-state index in [9.17, 15) is 22.8 Å². The van der Waals surface area contributed by atoms with Gasteiger partial charge in [-0.2, -0.15) is 13.2 Å². The Balaban J connectivity index is 2.79. The quantitative estimate of drug-likeness (QED) is 0.641. The number of carbonyl (C=O) groups is 2. The summed E-state index contributed by atoms with van der Waals surface area (Å²) in [6.45, 7) is -0.0749. The van der Waals surface area contributed by atoms with Crippen LogP contribution in [0.2, 0.25) is 0 Å². The number of aliphatic carboxylic acids is 1. The van der Waals surface area contributed by atoms with Gasteiger partial charge in [0.1, 0.15) is 5.75 Å². The molecule has 0 spiro atoms. The summed E-state index contributed by atoms with van der Waals surface area (Å²) in [4.78, 5) is 20.9. The molecule has 0 radical (unpaired) electrons. The van der Waals surface area contributed by atoms with Crippen LogP contribution in [0.4, 0.5) is 13.2 Å². The first-order valence-electron chi connectivity index (χ1n) is 5.35. The van der Waals surface area contributed by atoms with E-state index in [1.165, 1.54) is 0 Å². The van der Waals surface area contributed by atoms with Crippen molar-refractivity contribution in [3.8, 4) is 5.75 Å². The molecular formula is C12H11F3O4. The van der Waals surface area contributed by atoms with Gasteiger partial charge in [0.2, 0.25) is 0 Å². The van der Waals surface area contributed by atoms with Gasteiger partial charge in [0, 0.05) is 6.42 Å². The third-order valence-electron chi connectivity index (χ3n) is 2.26. The maximum Gasteiger partial charge on any atom is 0.416 e. The van der Waals surface area contributed by atoms with Gasteiger partial charge in [-0.25, -0.2) is 0 Å². The third-order valence-corrected chi connectivity index (χ3v) is 2.26. The molecule has 4 nitrogen and oxygen atoms in total. The number of ether oxygens (including phenoxy) is 1. The summed E-state index contributed by atoms with van der Waals surface area (Å²) in [5.74, 6) is -1.22. The molecule has 0 bridgehead atoms. The lowest BCUT2D eigenvalue weighted by atomic mass is 10.1. The van der Waals surface area contributed by atoms with Gasteiger partial charge in [-0.3, -0.25) is 9.59 Å². The van der Waals surface area contributed by atoms with Gasteiger partial charge in [0.15, 0.2) is 6.29 Å². The van der Waals surface area contributed by atoms with Crippen molar-refractivity contribution in [3.05, 3.63) is 29.3 Å². The van der Waals surface area contributed by atoms with Gasteiger partial charge < -0.3 is 9.84 Å². The van der Waals surface area contributed by atoms with Gasteiger partial charge in [0.05, 0.1) is 17.7 Å². The van der Waals surface area contributed by atoms with Crippen molar-refractivity contribution in [2.24, 2.45) is 0 Å². The van der Waals surface area contributed by atoms with Crippen molar-refractivity contribution in [2.75, 3.05) is 6.61 Å². The van der Waals surface area contributed by atoms with Crippen LogP contribution in [0.1, 0.15) is 28.8 Å². The molecule has 104 valence electrons. The maximum atomic E-state index is 12.5. The van der Waals surface area contributed by atoms with Gasteiger partial charge in [-0.05, 0) is 24.6 Å². The highest BCUT2D eigenvalue weighted by Crippen LogP contribution is 2.32. The number of carbonyl (C=O) groups excluding carboxylic acids is 1. The molecule has 0 heterocycles. The number of hydrogen-bond donors (Lipinski definition) is 1. The van der Waals surface area contributed by atoms with E-state index >= 15 is 0 Å². The van der Waals surface area contributed by atoms with Crippen LogP contribution in [0.15, 0.2) is 18.2 Å². The van der Waals surface area contributed by atoms with E-state index in [1.807, 2.05) is 0 Å². The second-order valence-electron chi connectivity index (χ2n) is 3.71. The SMILES string of the molecule is O=Cc1ccc(C(F)(F)F)cc1OCCCC(=O)O. The van der Waals surface area contributed by atoms with Crippen molar-refractivity contribution < 1.29 is 32.6 Å². The van der Waals surface area contributed by atoms with E-state index in [0.717, 1.165) is 18.2 Å². The lowest BCUT2D eigenvalue weighted by molar-refractivity contribution is -0.138. The van der Waals surface area contributed by atoms with E-state index in [2.05, 4.69) is 0 Å². The number of benzene rings is 1. The first-order chi connectivity index (χ1) is 8.84. The Bertz CT molecular complexity index is 469. The number of aldehydes is 1. The second kappa shape index (κ2) is 6.21. The number of halogens is 3. The highest BCUT2D eigenvalue weighted by atomic mass is 19.4. The Kier molecular flexibility index (Phi) is 4.91. The molecule has 0 atom stereocenters. The molecule has 0 aliphatic rings.